The van der Waals surface area contributed by atoms with Gasteiger partial charge in [0.1, 0.15) is 5.75 Å². The Kier molecular flexibility index (Phi) is 6.04. The number of carbonyl (C=O) groups excluding carboxylic acids is 1. The number of benzene rings is 2. The van der Waals surface area contributed by atoms with Gasteiger partial charge in [0, 0.05) is 31.7 Å². The lowest BCUT2D eigenvalue weighted by Crippen LogP contribution is -2.50. The van der Waals surface area contributed by atoms with Crippen LogP contribution in [0, 0.1) is 0 Å². The molecule has 0 bridgehead atoms. The van der Waals surface area contributed by atoms with Crippen molar-refractivity contribution in [1.82, 2.24) is 9.21 Å². The first-order valence-corrected chi connectivity index (χ1v) is 10.5. The van der Waals surface area contributed by atoms with Gasteiger partial charge in [0.2, 0.25) is 10.0 Å². The Hall–Kier alpha value is -2.09. The van der Waals surface area contributed by atoms with Crippen molar-refractivity contribution in [2.24, 2.45) is 0 Å². The summed E-state index contributed by atoms with van der Waals surface area (Å²) in [6.45, 7) is 3.52. The zero-order valence-corrected chi connectivity index (χ0v) is 16.5. The number of nitrogens with zero attached hydrogens (tertiary/aromatic N) is 2. The fraction of sp³-hybridized carbons (Fsp3) is 0.316. The average Bonchev–Trinajstić information content (AvgIpc) is 2.70. The Morgan fingerprint density at radius 3 is 2.33 bits per heavy atom. The first-order chi connectivity index (χ1) is 12.9. The van der Waals surface area contributed by atoms with Crippen molar-refractivity contribution in [3.63, 3.8) is 0 Å². The number of rotatable bonds is 5. The van der Waals surface area contributed by atoms with Crippen LogP contribution in [-0.2, 0) is 10.0 Å². The van der Waals surface area contributed by atoms with E-state index < -0.39 is 10.0 Å². The molecule has 1 saturated heterocycles. The Morgan fingerprint density at radius 2 is 1.74 bits per heavy atom. The normalized spacial score (nSPS) is 15.6. The number of sulfonamides is 1. The van der Waals surface area contributed by atoms with Gasteiger partial charge in [-0.2, -0.15) is 4.31 Å². The summed E-state index contributed by atoms with van der Waals surface area (Å²) in [7, 11) is -3.54. The number of hydrogen-bond donors (Lipinski definition) is 0. The molecule has 0 spiro atoms. The van der Waals surface area contributed by atoms with Gasteiger partial charge in [-0.05, 0) is 37.3 Å². The van der Waals surface area contributed by atoms with Crippen molar-refractivity contribution in [2.75, 3.05) is 32.8 Å². The Morgan fingerprint density at radius 1 is 1.07 bits per heavy atom. The van der Waals surface area contributed by atoms with Crippen LogP contribution >= 0.6 is 11.6 Å². The highest BCUT2D eigenvalue weighted by Gasteiger charge is 2.30. The van der Waals surface area contributed by atoms with Crippen molar-refractivity contribution < 1.29 is 17.9 Å². The molecule has 144 valence electrons. The topological polar surface area (TPSA) is 66.9 Å². The fourth-order valence-corrected chi connectivity index (χ4v) is 4.64. The zero-order chi connectivity index (χ0) is 19.4. The van der Waals surface area contributed by atoms with E-state index in [0.29, 0.717) is 36.0 Å². The summed E-state index contributed by atoms with van der Waals surface area (Å²) in [4.78, 5) is 14.6. The maximum Gasteiger partial charge on any atom is 0.253 e. The molecule has 3 rings (SSSR count). The van der Waals surface area contributed by atoms with Gasteiger partial charge in [-0.1, -0.05) is 29.8 Å². The van der Waals surface area contributed by atoms with Gasteiger partial charge in [0.05, 0.1) is 16.5 Å². The SMILES string of the molecule is CCOc1ccc(C(=O)N2CCN(S(=O)(=O)c3ccccc3)CC2)cc1Cl. The smallest absolute Gasteiger partial charge is 0.253 e. The summed E-state index contributed by atoms with van der Waals surface area (Å²) in [6, 6.07) is 13.3. The van der Waals surface area contributed by atoms with Crippen LogP contribution in [0.15, 0.2) is 53.4 Å². The molecule has 1 aliphatic heterocycles. The summed E-state index contributed by atoms with van der Waals surface area (Å²) in [5.41, 5.74) is 0.461. The molecule has 0 unspecified atom stereocenters. The number of carbonyl (C=O) groups is 1. The van der Waals surface area contributed by atoms with Crippen LogP contribution in [0.4, 0.5) is 0 Å². The van der Waals surface area contributed by atoms with Crippen LogP contribution in [0.3, 0.4) is 0 Å². The summed E-state index contributed by atoms with van der Waals surface area (Å²) < 4.78 is 32.1. The van der Waals surface area contributed by atoms with Crippen LogP contribution in [0.5, 0.6) is 5.75 Å². The van der Waals surface area contributed by atoms with E-state index in [2.05, 4.69) is 0 Å². The van der Waals surface area contributed by atoms with Gasteiger partial charge < -0.3 is 9.64 Å². The molecule has 0 radical (unpaired) electrons. The lowest BCUT2D eigenvalue weighted by molar-refractivity contribution is 0.0698. The highest BCUT2D eigenvalue weighted by Crippen LogP contribution is 2.26. The summed E-state index contributed by atoms with van der Waals surface area (Å²) >= 11 is 6.16. The predicted octanol–water partition coefficient (Wildman–Crippen LogP) is 2.89. The molecule has 27 heavy (non-hydrogen) atoms. The average molecular weight is 409 g/mol. The van der Waals surface area contributed by atoms with Gasteiger partial charge in [0.15, 0.2) is 0 Å². The molecule has 0 N–H and O–H groups in total. The maximum atomic E-state index is 12.7. The molecule has 0 atom stereocenters. The van der Waals surface area contributed by atoms with Gasteiger partial charge in [-0.25, -0.2) is 8.42 Å². The molecule has 1 heterocycles. The zero-order valence-electron chi connectivity index (χ0n) is 15.0. The summed E-state index contributed by atoms with van der Waals surface area (Å²) in [5, 5.41) is 0.382. The van der Waals surface area contributed by atoms with Crippen molar-refractivity contribution in [3.05, 3.63) is 59.1 Å². The lowest BCUT2D eigenvalue weighted by Gasteiger charge is -2.34. The van der Waals surface area contributed by atoms with E-state index in [1.54, 1.807) is 53.4 Å². The molecular weight excluding hydrogens is 388 g/mol. The molecule has 1 fully saturated rings. The predicted molar refractivity (Wildman–Crippen MR) is 104 cm³/mol. The molecule has 0 aliphatic carbocycles. The molecule has 2 aromatic carbocycles. The number of halogens is 1. The first-order valence-electron chi connectivity index (χ1n) is 8.70. The van der Waals surface area contributed by atoms with Gasteiger partial charge in [-0.15, -0.1) is 0 Å². The highest BCUT2D eigenvalue weighted by atomic mass is 35.5. The minimum Gasteiger partial charge on any atom is -0.492 e. The van der Waals surface area contributed by atoms with Crippen molar-refractivity contribution in [2.45, 2.75) is 11.8 Å². The number of piperazine rings is 1. The van der Waals surface area contributed by atoms with E-state index >= 15 is 0 Å². The second-order valence-electron chi connectivity index (χ2n) is 6.09. The third kappa shape index (κ3) is 4.26. The Labute approximate surface area is 164 Å². The van der Waals surface area contributed by atoms with E-state index in [4.69, 9.17) is 16.3 Å². The van der Waals surface area contributed by atoms with E-state index in [1.807, 2.05) is 6.92 Å². The third-order valence-electron chi connectivity index (χ3n) is 4.39. The lowest BCUT2D eigenvalue weighted by atomic mass is 10.1. The highest BCUT2D eigenvalue weighted by molar-refractivity contribution is 7.89. The molecule has 1 aliphatic rings. The minimum absolute atomic E-state index is 0.170. The van der Waals surface area contributed by atoms with Gasteiger partial charge in [-0.3, -0.25) is 4.79 Å². The maximum absolute atomic E-state index is 12.7. The molecular formula is C19H21ClN2O4S. The molecule has 8 heteroatoms. The fourth-order valence-electron chi connectivity index (χ4n) is 2.96. The van der Waals surface area contributed by atoms with Crippen LogP contribution in [0.1, 0.15) is 17.3 Å². The van der Waals surface area contributed by atoms with Crippen molar-refractivity contribution in [1.29, 1.82) is 0 Å². The van der Waals surface area contributed by atoms with E-state index in [0.717, 1.165) is 0 Å². The van der Waals surface area contributed by atoms with Crippen LogP contribution in [0.25, 0.3) is 0 Å². The first kappa shape index (κ1) is 19.7. The quantitative estimate of drug-likeness (QED) is 0.762. The van der Waals surface area contributed by atoms with Crippen molar-refractivity contribution >= 4 is 27.5 Å². The molecule has 1 amide bonds. The molecule has 0 saturated carbocycles. The van der Waals surface area contributed by atoms with E-state index in [9.17, 15) is 13.2 Å². The largest absolute Gasteiger partial charge is 0.492 e. The Balaban J connectivity index is 1.67. The van der Waals surface area contributed by atoms with Crippen molar-refractivity contribution in [3.8, 4) is 5.75 Å². The summed E-state index contributed by atoms with van der Waals surface area (Å²) in [5.74, 6) is 0.367. The second kappa shape index (κ2) is 8.29. The third-order valence-corrected chi connectivity index (χ3v) is 6.59. The van der Waals surface area contributed by atoms with E-state index in [-0.39, 0.29) is 23.9 Å². The number of hydrogen-bond acceptors (Lipinski definition) is 4. The molecule has 2 aromatic rings. The Bertz CT molecular complexity index is 911. The number of ether oxygens (including phenoxy) is 1. The molecule has 0 aromatic heterocycles. The monoisotopic (exact) mass is 408 g/mol. The van der Waals surface area contributed by atoms with Gasteiger partial charge in [0.25, 0.3) is 5.91 Å². The van der Waals surface area contributed by atoms with Crippen LogP contribution in [-0.4, -0.2) is 56.3 Å². The minimum atomic E-state index is -3.54. The standard InChI is InChI=1S/C19H21ClN2O4S/c1-2-26-18-9-8-15(14-17(18)20)19(23)21-10-12-22(13-11-21)27(24,25)16-6-4-3-5-7-16/h3-9,14H,2,10-13H2,1H3. The van der Waals surface area contributed by atoms with Gasteiger partial charge >= 0.3 is 0 Å². The number of amides is 1. The molecule has 6 nitrogen and oxygen atoms in total. The second-order valence-corrected chi connectivity index (χ2v) is 8.43. The summed E-state index contributed by atoms with van der Waals surface area (Å²) in [6.07, 6.45) is 0. The van der Waals surface area contributed by atoms with E-state index in [1.165, 1.54) is 4.31 Å². The van der Waals surface area contributed by atoms with Crippen LogP contribution in [0.2, 0.25) is 5.02 Å². The van der Waals surface area contributed by atoms with Crippen LogP contribution < -0.4 is 4.74 Å².